The highest BCUT2D eigenvalue weighted by molar-refractivity contribution is 5.95. The summed E-state index contributed by atoms with van der Waals surface area (Å²) >= 11 is 0. The molecule has 2 N–H and O–H groups in total. The Morgan fingerprint density at radius 1 is 1.29 bits per heavy atom. The van der Waals surface area contributed by atoms with Crippen molar-refractivity contribution in [3.8, 4) is 12.3 Å². The summed E-state index contributed by atoms with van der Waals surface area (Å²) in [4.78, 5) is 16.6. The van der Waals surface area contributed by atoms with E-state index in [0.29, 0.717) is 31.4 Å². The predicted molar refractivity (Wildman–Crippen MR) is 88.2 cm³/mol. The minimum absolute atomic E-state index is 0.113. The second-order valence-corrected chi connectivity index (χ2v) is 5.66. The Morgan fingerprint density at radius 3 is 2.83 bits per heavy atom. The molecule has 0 aliphatic carbocycles. The van der Waals surface area contributed by atoms with Crippen LogP contribution in [-0.4, -0.2) is 33.3 Å². The van der Waals surface area contributed by atoms with Gasteiger partial charge in [-0.3, -0.25) is 9.89 Å². The molecule has 2 heterocycles. The third kappa shape index (κ3) is 3.84. The molecule has 7 heteroatoms. The van der Waals surface area contributed by atoms with E-state index < -0.39 is 0 Å². The van der Waals surface area contributed by atoms with Crippen molar-refractivity contribution in [1.82, 2.24) is 20.5 Å². The third-order valence-corrected chi connectivity index (χ3v) is 3.95. The molecule has 0 bridgehead atoms. The number of nitrogens with one attached hydrogen (secondary N) is 2. The van der Waals surface area contributed by atoms with Gasteiger partial charge in [-0.1, -0.05) is 18.2 Å². The molecule has 1 amide bonds. The van der Waals surface area contributed by atoms with E-state index in [1.807, 2.05) is 18.2 Å². The minimum Gasteiger partial charge on any atom is -0.352 e. The highest BCUT2D eigenvalue weighted by Crippen LogP contribution is 2.36. The van der Waals surface area contributed by atoms with Crippen LogP contribution in [0.2, 0.25) is 0 Å². The molecule has 0 unspecified atom stereocenters. The number of nitrogens with zero attached hydrogens (tertiary/aromatic N) is 4. The van der Waals surface area contributed by atoms with E-state index in [1.54, 1.807) is 6.07 Å². The summed E-state index contributed by atoms with van der Waals surface area (Å²) in [5.41, 5.74) is 1.16. The first kappa shape index (κ1) is 15.9. The zero-order chi connectivity index (χ0) is 16.8. The first-order valence-electron chi connectivity index (χ1n) is 7.80. The van der Waals surface area contributed by atoms with Crippen LogP contribution >= 0.6 is 0 Å². The maximum Gasteiger partial charge on any atom is 0.251 e. The van der Waals surface area contributed by atoms with E-state index in [2.05, 4.69) is 36.6 Å². The molecule has 24 heavy (non-hydrogen) atoms. The van der Waals surface area contributed by atoms with Crippen LogP contribution in [-0.2, 0) is 6.42 Å². The smallest absolute Gasteiger partial charge is 0.251 e. The highest BCUT2D eigenvalue weighted by Gasteiger charge is 2.38. The van der Waals surface area contributed by atoms with Crippen molar-refractivity contribution >= 4 is 5.91 Å². The van der Waals surface area contributed by atoms with E-state index in [-0.39, 0.29) is 11.6 Å². The Bertz CT molecular complexity index is 769. The zero-order valence-corrected chi connectivity index (χ0v) is 13.2. The summed E-state index contributed by atoms with van der Waals surface area (Å²) in [7, 11) is 0. The van der Waals surface area contributed by atoms with Gasteiger partial charge in [-0.15, -0.1) is 12.3 Å². The molecule has 0 fully saturated rings. The van der Waals surface area contributed by atoms with Gasteiger partial charge < -0.3 is 5.32 Å². The van der Waals surface area contributed by atoms with Crippen LogP contribution in [0.1, 0.15) is 41.0 Å². The van der Waals surface area contributed by atoms with Crippen LogP contribution in [0, 0.1) is 12.3 Å². The van der Waals surface area contributed by atoms with Crippen LogP contribution in [0.25, 0.3) is 0 Å². The molecule has 0 saturated heterocycles. The normalized spacial score (nSPS) is 14.1. The van der Waals surface area contributed by atoms with Crippen molar-refractivity contribution in [2.24, 2.45) is 10.2 Å². The number of H-pyrrole nitrogens is 1. The molecule has 0 saturated carbocycles. The van der Waals surface area contributed by atoms with Gasteiger partial charge >= 0.3 is 0 Å². The van der Waals surface area contributed by atoms with Crippen LogP contribution < -0.4 is 5.32 Å². The molecule has 1 aromatic carbocycles. The fourth-order valence-electron chi connectivity index (χ4n) is 2.53. The lowest BCUT2D eigenvalue weighted by molar-refractivity contribution is 0.0951. The summed E-state index contributed by atoms with van der Waals surface area (Å²) in [5.74, 6) is 3.20. The topological polar surface area (TPSA) is 95.4 Å². The fraction of sp³-hybridized carbons (Fsp3) is 0.353. The van der Waals surface area contributed by atoms with Gasteiger partial charge in [-0.2, -0.15) is 15.3 Å². The van der Waals surface area contributed by atoms with Crippen molar-refractivity contribution < 1.29 is 4.79 Å². The number of terminal acetylenes is 1. The van der Waals surface area contributed by atoms with E-state index in [4.69, 9.17) is 6.42 Å². The number of carbonyl (C=O) groups excluding carboxylic acids is 1. The molecular formula is C17H18N6O. The van der Waals surface area contributed by atoms with E-state index >= 15 is 0 Å². The molecule has 7 nitrogen and oxygen atoms in total. The van der Waals surface area contributed by atoms with E-state index in [9.17, 15) is 4.79 Å². The van der Waals surface area contributed by atoms with Gasteiger partial charge in [0.25, 0.3) is 5.91 Å². The molecule has 1 aliphatic rings. The fourth-order valence-corrected chi connectivity index (χ4v) is 2.53. The Morgan fingerprint density at radius 2 is 2.12 bits per heavy atom. The SMILES string of the molecule is C#CCCC1(CCNC(=O)c2ccccc2Cc2ncn[nH]2)N=N1. The minimum atomic E-state index is -0.376. The van der Waals surface area contributed by atoms with Crippen molar-refractivity contribution in [3.05, 3.63) is 47.5 Å². The second kappa shape index (κ2) is 7.04. The lowest BCUT2D eigenvalue weighted by Gasteiger charge is -2.11. The maximum absolute atomic E-state index is 12.5. The first-order valence-corrected chi connectivity index (χ1v) is 7.80. The van der Waals surface area contributed by atoms with E-state index in [0.717, 1.165) is 17.8 Å². The molecule has 1 aromatic heterocycles. The lowest BCUT2D eigenvalue weighted by Crippen LogP contribution is -2.29. The lowest BCUT2D eigenvalue weighted by atomic mass is 10.0. The Balaban J connectivity index is 1.56. The van der Waals surface area contributed by atoms with E-state index in [1.165, 1.54) is 6.33 Å². The molecular weight excluding hydrogens is 304 g/mol. The van der Waals surface area contributed by atoms with Crippen LogP contribution in [0.4, 0.5) is 0 Å². The highest BCUT2D eigenvalue weighted by atomic mass is 16.1. The van der Waals surface area contributed by atoms with Gasteiger partial charge in [0, 0.05) is 37.8 Å². The number of rotatable bonds is 8. The molecule has 1 aliphatic heterocycles. The Labute approximate surface area is 140 Å². The van der Waals surface area contributed by atoms with Gasteiger partial charge in [0.1, 0.15) is 12.2 Å². The van der Waals surface area contributed by atoms with Gasteiger partial charge in [0.05, 0.1) is 0 Å². The number of aromatic amines is 1. The van der Waals surface area contributed by atoms with Crippen molar-refractivity contribution in [1.29, 1.82) is 0 Å². The summed E-state index contributed by atoms with van der Waals surface area (Å²) in [6.45, 7) is 0.507. The number of hydrogen-bond acceptors (Lipinski definition) is 5. The predicted octanol–water partition coefficient (Wildman–Crippen LogP) is 2.09. The average Bonchev–Trinajstić information content (AvgIpc) is 3.18. The number of aromatic nitrogens is 3. The summed E-state index contributed by atoms with van der Waals surface area (Å²) in [6, 6.07) is 7.47. The largest absolute Gasteiger partial charge is 0.352 e. The number of carbonyl (C=O) groups is 1. The molecule has 122 valence electrons. The quantitative estimate of drug-likeness (QED) is 0.728. The van der Waals surface area contributed by atoms with Gasteiger partial charge in [-0.25, -0.2) is 4.98 Å². The standard InChI is InChI=1S/C17H18N6O/c1-2-3-8-17(22-23-17)9-10-18-16(24)14-7-5-4-6-13(14)11-15-19-12-20-21-15/h1,4-7,12H,3,8-11H2,(H,18,24)(H,19,20,21). The monoisotopic (exact) mass is 322 g/mol. The summed E-state index contributed by atoms with van der Waals surface area (Å²) in [5, 5.41) is 17.7. The second-order valence-electron chi connectivity index (χ2n) is 5.66. The Kier molecular flexibility index (Phi) is 4.66. The molecule has 2 aromatic rings. The average molecular weight is 322 g/mol. The first-order chi connectivity index (χ1) is 11.7. The van der Waals surface area contributed by atoms with Gasteiger partial charge in [0.15, 0.2) is 5.66 Å². The molecule has 0 radical (unpaired) electrons. The number of amides is 1. The van der Waals surface area contributed by atoms with Gasteiger partial charge in [0.2, 0.25) is 0 Å². The molecule has 0 atom stereocenters. The van der Waals surface area contributed by atoms with Crippen molar-refractivity contribution in [2.45, 2.75) is 31.3 Å². The number of benzene rings is 1. The maximum atomic E-state index is 12.5. The van der Waals surface area contributed by atoms with Crippen LogP contribution in [0.3, 0.4) is 0 Å². The number of hydrogen-bond donors (Lipinski definition) is 2. The van der Waals surface area contributed by atoms with Crippen molar-refractivity contribution in [3.63, 3.8) is 0 Å². The summed E-state index contributed by atoms with van der Waals surface area (Å²) in [6.07, 6.45) is 9.30. The third-order valence-electron chi connectivity index (χ3n) is 3.95. The molecule has 0 spiro atoms. The van der Waals surface area contributed by atoms with Crippen LogP contribution in [0.5, 0.6) is 0 Å². The van der Waals surface area contributed by atoms with Crippen molar-refractivity contribution in [2.75, 3.05) is 6.54 Å². The zero-order valence-electron chi connectivity index (χ0n) is 13.2. The summed E-state index contributed by atoms with van der Waals surface area (Å²) < 4.78 is 0. The van der Waals surface area contributed by atoms with Crippen LogP contribution in [0.15, 0.2) is 40.8 Å². The molecule has 3 rings (SSSR count). The van der Waals surface area contributed by atoms with Gasteiger partial charge in [-0.05, 0) is 11.6 Å². The Hall–Kier alpha value is -3.01.